The van der Waals surface area contributed by atoms with E-state index < -0.39 is 18.0 Å². The first-order valence-corrected chi connectivity index (χ1v) is 7.53. The van der Waals surface area contributed by atoms with E-state index in [1.54, 1.807) is 16.7 Å². The summed E-state index contributed by atoms with van der Waals surface area (Å²) in [5, 5.41) is 3.34. The maximum absolute atomic E-state index is 12.5. The molecule has 3 aromatic heterocycles. The Morgan fingerprint density at radius 2 is 2.24 bits per heavy atom. The monoisotopic (exact) mass is 373 g/mol. The number of halogens is 3. The van der Waals surface area contributed by atoms with Gasteiger partial charge < -0.3 is 9.09 Å². The Morgan fingerprint density at radius 1 is 1.44 bits per heavy atom. The maximum atomic E-state index is 12.5. The van der Waals surface area contributed by atoms with Gasteiger partial charge in [-0.25, -0.2) is 10.5 Å². The van der Waals surface area contributed by atoms with Crippen molar-refractivity contribution in [3.05, 3.63) is 41.1 Å². The van der Waals surface area contributed by atoms with Crippen molar-refractivity contribution in [2.75, 3.05) is 7.11 Å². The third-order valence-electron chi connectivity index (χ3n) is 3.02. The van der Waals surface area contributed by atoms with Gasteiger partial charge in [0.15, 0.2) is 0 Å². The highest BCUT2D eigenvalue weighted by Crippen LogP contribution is 2.31. The van der Waals surface area contributed by atoms with E-state index in [0.29, 0.717) is 11.4 Å². The number of nitrogens with zero attached hydrogens (tertiary/aromatic N) is 4. The Morgan fingerprint density at radius 3 is 2.92 bits per heavy atom. The van der Waals surface area contributed by atoms with Crippen LogP contribution in [-0.4, -0.2) is 32.7 Å². The molecule has 0 saturated carbocycles. The van der Waals surface area contributed by atoms with Crippen molar-refractivity contribution in [1.29, 1.82) is 0 Å². The number of hydroxylamine groups is 1. The Balaban J connectivity index is 1.78. The van der Waals surface area contributed by atoms with E-state index in [0.717, 1.165) is 4.88 Å². The van der Waals surface area contributed by atoms with Gasteiger partial charge in [0.2, 0.25) is 5.82 Å². The smallest absolute Gasteiger partial charge is 0.329 e. The summed E-state index contributed by atoms with van der Waals surface area (Å²) in [6, 6.07) is 3.28. The number of imidazole rings is 1. The molecule has 0 aliphatic heterocycles. The van der Waals surface area contributed by atoms with E-state index in [2.05, 4.69) is 30.0 Å². The summed E-state index contributed by atoms with van der Waals surface area (Å²) in [5.74, 6) is -2.01. The number of carbonyl (C=O) groups excluding carboxylic acids is 1. The Labute approximate surface area is 142 Å². The number of thiophene rings is 1. The van der Waals surface area contributed by atoms with E-state index >= 15 is 0 Å². The molecule has 0 unspecified atom stereocenters. The van der Waals surface area contributed by atoms with Crippen LogP contribution in [0.15, 0.2) is 29.2 Å². The number of carbonyl (C=O) groups is 1. The van der Waals surface area contributed by atoms with Crippen LogP contribution in [0.2, 0.25) is 0 Å². The van der Waals surface area contributed by atoms with Crippen LogP contribution in [0.25, 0.3) is 10.7 Å². The lowest BCUT2D eigenvalue weighted by atomic mass is 10.4. The summed E-state index contributed by atoms with van der Waals surface area (Å²) < 4.78 is 43.3. The number of alkyl halides is 3. The molecule has 8 nitrogen and oxygen atoms in total. The van der Waals surface area contributed by atoms with Gasteiger partial charge in [0, 0.05) is 4.88 Å². The molecular formula is C13H10F3N5O3S. The summed E-state index contributed by atoms with van der Waals surface area (Å²) >= 11 is 1.18. The largest absolute Gasteiger partial charge is 0.471 e. The molecule has 0 aliphatic carbocycles. The molecule has 0 aliphatic rings. The van der Waals surface area contributed by atoms with Crippen LogP contribution >= 0.6 is 11.3 Å². The van der Waals surface area contributed by atoms with Gasteiger partial charge in [-0.15, -0.1) is 11.3 Å². The van der Waals surface area contributed by atoms with Crippen molar-refractivity contribution < 1.29 is 27.3 Å². The van der Waals surface area contributed by atoms with E-state index in [9.17, 15) is 18.0 Å². The van der Waals surface area contributed by atoms with Gasteiger partial charge in [-0.2, -0.15) is 18.2 Å². The fraction of sp³-hybridized carbons (Fsp3) is 0.231. The first-order valence-electron chi connectivity index (χ1n) is 6.72. The van der Waals surface area contributed by atoms with Gasteiger partial charge in [-0.3, -0.25) is 9.63 Å². The molecule has 1 N–H and O–H groups in total. The first-order chi connectivity index (χ1) is 11.9. The SMILES string of the molecule is CONC(=O)c1cncn1Cc1ccc(-c2noc(C(F)(F)F)n2)s1. The summed E-state index contributed by atoms with van der Waals surface area (Å²) in [6.45, 7) is 0.293. The summed E-state index contributed by atoms with van der Waals surface area (Å²) in [4.78, 5) is 24.8. The predicted molar refractivity (Wildman–Crippen MR) is 78.4 cm³/mol. The molecule has 3 aromatic rings. The minimum absolute atomic E-state index is 0.147. The number of aromatic nitrogens is 4. The van der Waals surface area contributed by atoms with Gasteiger partial charge >= 0.3 is 12.1 Å². The Bertz CT molecular complexity index is 885. The molecule has 12 heteroatoms. The van der Waals surface area contributed by atoms with Crippen molar-refractivity contribution in [3.63, 3.8) is 0 Å². The molecule has 0 aromatic carbocycles. The molecule has 0 atom stereocenters. The van der Waals surface area contributed by atoms with Crippen LogP contribution in [0.5, 0.6) is 0 Å². The lowest BCUT2D eigenvalue weighted by molar-refractivity contribution is -0.159. The maximum Gasteiger partial charge on any atom is 0.471 e. The summed E-state index contributed by atoms with van der Waals surface area (Å²) in [6.07, 6.45) is -1.86. The third kappa shape index (κ3) is 3.69. The van der Waals surface area contributed by atoms with Crippen molar-refractivity contribution in [3.8, 4) is 10.7 Å². The fourth-order valence-corrected chi connectivity index (χ4v) is 2.90. The number of amides is 1. The molecule has 132 valence electrons. The molecule has 0 fully saturated rings. The average molecular weight is 373 g/mol. The van der Waals surface area contributed by atoms with Gasteiger partial charge in [0.05, 0.1) is 31.1 Å². The second-order valence-corrected chi connectivity index (χ2v) is 5.90. The van der Waals surface area contributed by atoms with Crippen LogP contribution in [0, 0.1) is 0 Å². The highest BCUT2D eigenvalue weighted by atomic mass is 32.1. The van der Waals surface area contributed by atoms with Gasteiger partial charge in [0.25, 0.3) is 5.91 Å². The normalized spacial score (nSPS) is 11.7. The second-order valence-electron chi connectivity index (χ2n) is 4.73. The lowest BCUT2D eigenvalue weighted by Gasteiger charge is -2.06. The van der Waals surface area contributed by atoms with Crippen molar-refractivity contribution in [2.24, 2.45) is 0 Å². The standard InChI is InChI=1S/C13H10F3N5O3S/c1-23-20-11(22)8-4-17-6-21(8)5-7-2-3-9(25-7)10-18-12(24-19-10)13(14,15)16/h2-4,6H,5H2,1H3,(H,20,22). The number of hydrogen-bond acceptors (Lipinski definition) is 7. The first kappa shape index (κ1) is 17.1. The number of hydrogen-bond donors (Lipinski definition) is 1. The summed E-state index contributed by atoms with van der Waals surface area (Å²) in [5.41, 5.74) is 2.46. The van der Waals surface area contributed by atoms with E-state index in [1.165, 1.54) is 31.0 Å². The highest BCUT2D eigenvalue weighted by molar-refractivity contribution is 7.15. The average Bonchev–Trinajstić information content (AvgIpc) is 3.27. The van der Waals surface area contributed by atoms with E-state index in [4.69, 9.17) is 0 Å². The van der Waals surface area contributed by atoms with E-state index in [-0.39, 0.29) is 11.5 Å². The molecule has 0 saturated heterocycles. The molecule has 0 bridgehead atoms. The van der Waals surface area contributed by atoms with Crippen molar-refractivity contribution in [2.45, 2.75) is 12.7 Å². The molecule has 3 rings (SSSR count). The van der Waals surface area contributed by atoms with Crippen molar-refractivity contribution >= 4 is 17.2 Å². The quantitative estimate of drug-likeness (QED) is 0.690. The van der Waals surface area contributed by atoms with Gasteiger partial charge in [-0.1, -0.05) is 5.16 Å². The highest BCUT2D eigenvalue weighted by Gasteiger charge is 2.38. The fourth-order valence-electron chi connectivity index (χ4n) is 1.97. The zero-order chi connectivity index (χ0) is 18.0. The molecule has 0 spiro atoms. The number of rotatable bonds is 5. The van der Waals surface area contributed by atoms with Gasteiger partial charge in [0.1, 0.15) is 5.69 Å². The Kier molecular flexibility index (Phi) is 4.55. The third-order valence-corrected chi connectivity index (χ3v) is 4.08. The zero-order valence-corrected chi connectivity index (χ0v) is 13.4. The Hall–Kier alpha value is -2.73. The van der Waals surface area contributed by atoms with Crippen LogP contribution < -0.4 is 5.48 Å². The molecule has 25 heavy (non-hydrogen) atoms. The molecule has 0 radical (unpaired) electrons. The zero-order valence-electron chi connectivity index (χ0n) is 12.6. The topological polar surface area (TPSA) is 95.1 Å². The predicted octanol–water partition coefficient (Wildman–Crippen LogP) is 2.35. The lowest BCUT2D eigenvalue weighted by Crippen LogP contribution is -2.24. The van der Waals surface area contributed by atoms with Crippen LogP contribution in [0.1, 0.15) is 21.3 Å². The molecular weight excluding hydrogens is 363 g/mol. The summed E-state index contributed by atoms with van der Waals surface area (Å²) in [7, 11) is 1.31. The van der Waals surface area contributed by atoms with Crippen LogP contribution in [0.4, 0.5) is 13.2 Å². The minimum Gasteiger partial charge on any atom is -0.329 e. The van der Waals surface area contributed by atoms with Crippen LogP contribution in [-0.2, 0) is 17.6 Å². The van der Waals surface area contributed by atoms with Crippen LogP contribution in [0.3, 0.4) is 0 Å². The van der Waals surface area contributed by atoms with E-state index in [1.807, 2.05) is 0 Å². The van der Waals surface area contributed by atoms with Gasteiger partial charge in [-0.05, 0) is 12.1 Å². The molecule has 1 amide bonds. The minimum atomic E-state index is -4.69. The van der Waals surface area contributed by atoms with Crippen molar-refractivity contribution in [1.82, 2.24) is 25.2 Å². The number of nitrogens with one attached hydrogen (secondary N) is 1. The second kappa shape index (κ2) is 6.64. The molecule has 3 heterocycles.